The number of hydrogen-bond donors (Lipinski definition) is 0. The van der Waals surface area contributed by atoms with Crippen LogP contribution in [0.25, 0.3) is 0 Å². The number of likely N-dealkylation sites (tertiary alicyclic amines) is 1. The molecule has 3 nitrogen and oxygen atoms in total. The van der Waals surface area contributed by atoms with Crippen LogP contribution < -0.4 is 0 Å². The molecule has 1 saturated heterocycles. The minimum atomic E-state index is -0.373. The minimum absolute atomic E-state index is 0.236. The lowest BCUT2D eigenvalue weighted by atomic mass is 9.95. The van der Waals surface area contributed by atoms with Gasteiger partial charge in [-0.15, -0.1) is 0 Å². The van der Waals surface area contributed by atoms with E-state index in [9.17, 15) is 9.18 Å². The van der Waals surface area contributed by atoms with Crippen molar-refractivity contribution in [3.05, 3.63) is 71.5 Å². The summed E-state index contributed by atoms with van der Waals surface area (Å²) in [6.45, 7) is 0.840. The number of rotatable bonds is 3. The maximum absolute atomic E-state index is 14.1. The third-order valence-corrected chi connectivity index (χ3v) is 4.21. The summed E-state index contributed by atoms with van der Waals surface area (Å²) in [6.07, 6.45) is 2.30. The van der Waals surface area contributed by atoms with Crippen LogP contribution in [0.15, 0.2) is 54.6 Å². The first-order valence-corrected chi connectivity index (χ1v) is 7.97. The molecular weight excluding hydrogens is 293 g/mol. The summed E-state index contributed by atoms with van der Waals surface area (Å²) in [5.41, 5.74) is 1.52. The van der Waals surface area contributed by atoms with E-state index in [1.807, 2.05) is 30.3 Å². The second-order valence-corrected chi connectivity index (χ2v) is 5.77. The van der Waals surface area contributed by atoms with E-state index in [0.717, 1.165) is 24.8 Å². The number of ether oxygens (including phenoxy) is 1. The van der Waals surface area contributed by atoms with Crippen molar-refractivity contribution in [3.63, 3.8) is 0 Å². The normalized spacial score (nSPS) is 17.8. The molecule has 3 rings (SSSR count). The molecule has 0 radical (unpaired) electrons. The number of carbonyl (C=O) groups is 1. The first-order chi connectivity index (χ1) is 11.3. The number of halogens is 1. The van der Waals surface area contributed by atoms with E-state index in [4.69, 9.17) is 4.74 Å². The quantitative estimate of drug-likeness (QED) is 0.822. The smallest absolute Gasteiger partial charge is 0.410 e. The molecule has 0 unspecified atom stereocenters. The predicted octanol–water partition coefficient (Wildman–Crippen LogP) is 4.69. The predicted molar refractivity (Wildman–Crippen MR) is 86.3 cm³/mol. The Balaban J connectivity index is 1.71. The van der Waals surface area contributed by atoms with Crippen LogP contribution in [0.1, 0.15) is 36.4 Å². The highest BCUT2D eigenvalue weighted by atomic mass is 19.1. The van der Waals surface area contributed by atoms with E-state index in [-0.39, 0.29) is 24.6 Å². The summed E-state index contributed by atoms with van der Waals surface area (Å²) in [5, 5.41) is 0. The molecule has 0 saturated carbocycles. The Morgan fingerprint density at radius 1 is 1.09 bits per heavy atom. The van der Waals surface area contributed by atoms with Gasteiger partial charge in [-0.2, -0.15) is 0 Å². The molecule has 1 fully saturated rings. The summed E-state index contributed by atoms with van der Waals surface area (Å²) in [7, 11) is 0. The molecule has 1 aliphatic heterocycles. The van der Waals surface area contributed by atoms with Gasteiger partial charge in [-0.3, -0.25) is 0 Å². The number of benzene rings is 2. The highest BCUT2D eigenvalue weighted by Crippen LogP contribution is 2.32. The fourth-order valence-electron chi connectivity index (χ4n) is 3.02. The number of nitrogens with zero attached hydrogens (tertiary/aromatic N) is 1. The molecule has 0 bridgehead atoms. The zero-order valence-electron chi connectivity index (χ0n) is 13.0. The highest BCUT2D eigenvalue weighted by molar-refractivity contribution is 5.68. The van der Waals surface area contributed by atoms with Gasteiger partial charge in [0.1, 0.15) is 12.4 Å². The first kappa shape index (κ1) is 15.5. The lowest BCUT2D eigenvalue weighted by Gasteiger charge is -2.35. The van der Waals surface area contributed by atoms with Gasteiger partial charge in [-0.05, 0) is 30.9 Å². The Bertz CT molecular complexity index is 659. The molecule has 120 valence electrons. The van der Waals surface area contributed by atoms with Crippen molar-refractivity contribution >= 4 is 6.09 Å². The zero-order chi connectivity index (χ0) is 16.1. The summed E-state index contributed by atoms with van der Waals surface area (Å²) in [6, 6.07) is 16.0. The second kappa shape index (κ2) is 7.27. The van der Waals surface area contributed by atoms with Crippen molar-refractivity contribution in [2.24, 2.45) is 0 Å². The molecule has 4 heteroatoms. The van der Waals surface area contributed by atoms with Gasteiger partial charge in [0.2, 0.25) is 0 Å². The van der Waals surface area contributed by atoms with Gasteiger partial charge in [0, 0.05) is 12.1 Å². The van der Waals surface area contributed by atoms with Gasteiger partial charge in [-0.1, -0.05) is 48.5 Å². The van der Waals surface area contributed by atoms with Gasteiger partial charge < -0.3 is 9.64 Å². The third kappa shape index (κ3) is 3.70. The molecular formula is C19H20FNO2. The van der Waals surface area contributed by atoms with Gasteiger partial charge in [0.05, 0.1) is 6.04 Å². The van der Waals surface area contributed by atoms with Gasteiger partial charge in [0.25, 0.3) is 0 Å². The van der Waals surface area contributed by atoms with Crippen molar-refractivity contribution in [1.29, 1.82) is 0 Å². The summed E-state index contributed by atoms with van der Waals surface area (Å²) in [4.78, 5) is 14.1. The fraction of sp³-hybridized carbons (Fsp3) is 0.316. The van der Waals surface area contributed by atoms with Crippen LogP contribution in [-0.2, 0) is 11.3 Å². The maximum Gasteiger partial charge on any atom is 0.410 e. The van der Waals surface area contributed by atoms with Crippen LogP contribution in [0.4, 0.5) is 9.18 Å². The number of amides is 1. The van der Waals surface area contributed by atoms with Crippen LogP contribution in [0.5, 0.6) is 0 Å². The van der Waals surface area contributed by atoms with Crippen LogP contribution in [-0.4, -0.2) is 17.5 Å². The molecule has 1 atom stereocenters. The van der Waals surface area contributed by atoms with Crippen molar-refractivity contribution < 1.29 is 13.9 Å². The Hall–Kier alpha value is -2.36. The Labute approximate surface area is 135 Å². The molecule has 1 heterocycles. The lowest BCUT2D eigenvalue weighted by Crippen LogP contribution is -2.39. The monoisotopic (exact) mass is 313 g/mol. The Kier molecular flexibility index (Phi) is 4.91. The van der Waals surface area contributed by atoms with Crippen molar-refractivity contribution in [2.45, 2.75) is 31.9 Å². The number of hydrogen-bond acceptors (Lipinski definition) is 2. The molecule has 1 aliphatic rings. The van der Waals surface area contributed by atoms with Crippen LogP contribution in [0.3, 0.4) is 0 Å². The highest BCUT2D eigenvalue weighted by Gasteiger charge is 2.30. The molecule has 0 N–H and O–H groups in total. The van der Waals surface area contributed by atoms with Crippen LogP contribution in [0.2, 0.25) is 0 Å². The first-order valence-electron chi connectivity index (χ1n) is 7.97. The van der Waals surface area contributed by atoms with E-state index in [1.54, 1.807) is 23.1 Å². The Morgan fingerprint density at radius 2 is 1.83 bits per heavy atom. The third-order valence-electron chi connectivity index (χ3n) is 4.21. The maximum atomic E-state index is 14.1. The zero-order valence-corrected chi connectivity index (χ0v) is 13.0. The van der Waals surface area contributed by atoms with Gasteiger partial charge in [-0.25, -0.2) is 9.18 Å². The van der Waals surface area contributed by atoms with Gasteiger partial charge in [0.15, 0.2) is 0 Å². The van der Waals surface area contributed by atoms with E-state index < -0.39 is 0 Å². The molecule has 2 aromatic carbocycles. The molecule has 1 amide bonds. The standard InChI is InChI=1S/C19H20FNO2/c20-17-11-5-4-10-16(17)18-12-6-7-13-21(18)19(22)23-14-15-8-2-1-3-9-15/h1-5,8-11,18H,6-7,12-14H2/t18-/m0/s1. The van der Waals surface area contributed by atoms with E-state index in [0.29, 0.717) is 12.1 Å². The number of piperidine rings is 1. The van der Waals surface area contributed by atoms with E-state index >= 15 is 0 Å². The average Bonchev–Trinajstić information content (AvgIpc) is 2.61. The summed E-state index contributed by atoms with van der Waals surface area (Å²) >= 11 is 0. The largest absolute Gasteiger partial charge is 0.445 e. The lowest BCUT2D eigenvalue weighted by molar-refractivity contribution is 0.0671. The van der Waals surface area contributed by atoms with Gasteiger partial charge >= 0.3 is 6.09 Å². The average molecular weight is 313 g/mol. The molecule has 23 heavy (non-hydrogen) atoms. The summed E-state index contributed by atoms with van der Waals surface area (Å²) < 4.78 is 19.5. The molecule has 0 spiro atoms. The summed E-state index contributed by atoms with van der Waals surface area (Å²) in [5.74, 6) is -0.264. The minimum Gasteiger partial charge on any atom is -0.445 e. The van der Waals surface area contributed by atoms with Crippen molar-refractivity contribution in [2.75, 3.05) is 6.54 Å². The molecule has 2 aromatic rings. The van der Waals surface area contributed by atoms with Crippen molar-refractivity contribution in [3.8, 4) is 0 Å². The Morgan fingerprint density at radius 3 is 2.61 bits per heavy atom. The van der Waals surface area contributed by atoms with E-state index in [2.05, 4.69) is 0 Å². The number of carbonyl (C=O) groups excluding carboxylic acids is 1. The van der Waals surface area contributed by atoms with Crippen molar-refractivity contribution in [1.82, 2.24) is 4.90 Å². The topological polar surface area (TPSA) is 29.5 Å². The second-order valence-electron chi connectivity index (χ2n) is 5.77. The van der Waals surface area contributed by atoms with Crippen LogP contribution >= 0.6 is 0 Å². The molecule has 0 aromatic heterocycles. The fourth-order valence-corrected chi connectivity index (χ4v) is 3.02. The van der Waals surface area contributed by atoms with E-state index in [1.165, 1.54) is 6.07 Å². The SMILES string of the molecule is O=C(OCc1ccccc1)N1CCCC[C@H]1c1ccccc1F. The molecule has 0 aliphatic carbocycles. The van der Waals surface area contributed by atoms with Crippen LogP contribution in [0, 0.1) is 5.82 Å².